The fourth-order valence-corrected chi connectivity index (χ4v) is 2.28. The number of halogens is 1. The first kappa shape index (κ1) is 11.4. The van der Waals surface area contributed by atoms with Crippen LogP contribution in [0, 0.1) is 11.7 Å². The number of nitrogens with one attached hydrogen (secondary N) is 1. The van der Waals surface area contributed by atoms with Gasteiger partial charge in [-0.2, -0.15) is 0 Å². The Hall–Kier alpha value is -1.09. The Morgan fingerprint density at radius 2 is 2.31 bits per heavy atom. The van der Waals surface area contributed by atoms with Gasteiger partial charge in [-0.25, -0.2) is 4.39 Å². The van der Waals surface area contributed by atoms with Crippen molar-refractivity contribution < 1.29 is 9.50 Å². The summed E-state index contributed by atoms with van der Waals surface area (Å²) in [7, 11) is 0. The Balaban J connectivity index is 2.20. The van der Waals surface area contributed by atoms with E-state index in [1.54, 1.807) is 0 Å². The van der Waals surface area contributed by atoms with E-state index in [0.717, 1.165) is 43.5 Å². The second-order valence-electron chi connectivity index (χ2n) is 4.50. The number of hydrogen-bond donors (Lipinski definition) is 2. The van der Waals surface area contributed by atoms with E-state index in [1.807, 2.05) is 13.0 Å². The topological polar surface area (TPSA) is 32.3 Å². The van der Waals surface area contributed by atoms with Crippen LogP contribution in [0.2, 0.25) is 0 Å². The van der Waals surface area contributed by atoms with Crippen LogP contribution in [-0.2, 0) is 12.8 Å². The van der Waals surface area contributed by atoms with E-state index in [0.29, 0.717) is 5.92 Å². The zero-order chi connectivity index (χ0) is 11.5. The molecule has 16 heavy (non-hydrogen) atoms. The van der Waals surface area contributed by atoms with Gasteiger partial charge in [0.05, 0.1) is 0 Å². The summed E-state index contributed by atoms with van der Waals surface area (Å²) < 4.78 is 13.4. The summed E-state index contributed by atoms with van der Waals surface area (Å²) >= 11 is 0. The van der Waals surface area contributed by atoms with Crippen LogP contribution in [0.1, 0.15) is 24.5 Å². The number of aryl methyl sites for hydroxylation is 1. The lowest BCUT2D eigenvalue weighted by atomic mass is 9.96. The van der Waals surface area contributed by atoms with E-state index in [9.17, 15) is 9.50 Å². The fraction of sp³-hybridized carbons (Fsp3) is 0.538. The predicted molar refractivity (Wildman–Crippen MR) is 62.1 cm³/mol. The summed E-state index contributed by atoms with van der Waals surface area (Å²) in [6.45, 7) is 3.99. The van der Waals surface area contributed by atoms with Crippen molar-refractivity contribution in [3.63, 3.8) is 0 Å². The molecule has 2 nitrogen and oxygen atoms in total. The Morgan fingerprint density at radius 1 is 1.50 bits per heavy atom. The van der Waals surface area contributed by atoms with Gasteiger partial charge in [-0.1, -0.05) is 13.0 Å². The number of hydrogen-bond acceptors (Lipinski definition) is 2. The average molecular weight is 223 g/mol. The lowest BCUT2D eigenvalue weighted by Crippen LogP contribution is -2.11. The molecule has 1 aromatic rings. The van der Waals surface area contributed by atoms with Crippen molar-refractivity contribution in [2.24, 2.45) is 5.92 Å². The average Bonchev–Trinajstić information content (AvgIpc) is 2.77. The Morgan fingerprint density at radius 3 is 2.94 bits per heavy atom. The second-order valence-corrected chi connectivity index (χ2v) is 4.50. The molecule has 0 saturated carbocycles. The molecule has 2 rings (SSSR count). The first-order chi connectivity index (χ1) is 7.70. The lowest BCUT2D eigenvalue weighted by Gasteiger charge is -2.12. The molecule has 3 heteroatoms. The molecule has 0 radical (unpaired) electrons. The van der Waals surface area contributed by atoms with Gasteiger partial charge in [-0.3, -0.25) is 0 Å². The molecule has 1 unspecified atom stereocenters. The van der Waals surface area contributed by atoms with Crippen LogP contribution in [0.3, 0.4) is 0 Å². The molecular formula is C13H18FNO. The van der Waals surface area contributed by atoms with Gasteiger partial charge in [0.15, 0.2) is 11.6 Å². The summed E-state index contributed by atoms with van der Waals surface area (Å²) in [5.41, 5.74) is 1.71. The van der Waals surface area contributed by atoms with Crippen LogP contribution in [0.5, 0.6) is 5.75 Å². The number of rotatable bonds is 3. The molecule has 2 N–H and O–H groups in total. The molecule has 1 aliphatic heterocycles. The smallest absolute Gasteiger partial charge is 0.165 e. The fourth-order valence-electron chi connectivity index (χ4n) is 2.28. The van der Waals surface area contributed by atoms with Crippen molar-refractivity contribution in [3.8, 4) is 5.75 Å². The Kier molecular flexibility index (Phi) is 3.44. The van der Waals surface area contributed by atoms with Crippen molar-refractivity contribution in [1.82, 2.24) is 5.32 Å². The number of phenols is 1. The summed E-state index contributed by atoms with van der Waals surface area (Å²) in [6.07, 6.45) is 2.67. The SMILES string of the molecule is CCc1cc(F)c(O)c(CC2CCNC2)c1. The van der Waals surface area contributed by atoms with Gasteiger partial charge < -0.3 is 10.4 Å². The lowest BCUT2D eigenvalue weighted by molar-refractivity contribution is 0.419. The number of benzene rings is 1. The molecule has 0 amide bonds. The van der Waals surface area contributed by atoms with Crippen LogP contribution in [0.4, 0.5) is 4.39 Å². The van der Waals surface area contributed by atoms with E-state index in [1.165, 1.54) is 6.07 Å². The first-order valence-electron chi connectivity index (χ1n) is 5.91. The number of phenolic OH excluding ortho intramolecular Hbond substituents is 1. The monoisotopic (exact) mass is 223 g/mol. The highest BCUT2D eigenvalue weighted by Gasteiger charge is 2.18. The Bertz CT molecular complexity index is 372. The molecule has 1 atom stereocenters. The zero-order valence-corrected chi connectivity index (χ0v) is 9.59. The minimum Gasteiger partial charge on any atom is -0.505 e. The van der Waals surface area contributed by atoms with Gasteiger partial charge in [0.2, 0.25) is 0 Å². The van der Waals surface area contributed by atoms with Crippen molar-refractivity contribution in [2.75, 3.05) is 13.1 Å². The van der Waals surface area contributed by atoms with Gasteiger partial charge in [0.25, 0.3) is 0 Å². The van der Waals surface area contributed by atoms with Gasteiger partial charge in [0, 0.05) is 0 Å². The highest BCUT2D eigenvalue weighted by Crippen LogP contribution is 2.27. The van der Waals surface area contributed by atoms with Crippen molar-refractivity contribution in [2.45, 2.75) is 26.2 Å². The third kappa shape index (κ3) is 2.35. The largest absolute Gasteiger partial charge is 0.505 e. The van der Waals surface area contributed by atoms with E-state index in [2.05, 4.69) is 5.32 Å². The quantitative estimate of drug-likeness (QED) is 0.823. The highest BCUT2D eigenvalue weighted by molar-refractivity contribution is 5.38. The minimum absolute atomic E-state index is 0.163. The maximum atomic E-state index is 13.4. The van der Waals surface area contributed by atoms with E-state index >= 15 is 0 Å². The van der Waals surface area contributed by atoms with Crippen LogP contribution in [-0.4, -0.2) is 18.2 Å². The summed E-state index contributed by atoms with van der Waals surface area (Å²) in [6, 6.07) is 3.35. The molecule has 0 bridgehead atoms. The van der Waals surface area contributed by atoms with Gasteiger partial charge >= 0.3 is 0 Å². The number of aromatic hydroxyl groups is 1. The van der Waals surface area contributed by atoms with Crippen LogP contribution in [0.25, 0.3) is 0 Å². The minimum atomic E-state index is -0.486. The molecule has 1 aromatic carbocycles. The molecular weight excluding hydrogens is 205 g/mol. The molecule has 0 spiro atoms. The summed E-state index contributed by atoms with van der Waals surface area (Å²) in [4.78, 5) is 0. The third-order valence-corrected chi connectivity index (χ3v) is 3.28. The molecule has 1 aliphatic rings. The van der Waals surface area contributed by atoms with E-state index in [4.69, 9.17) is 0 Å². The zero-order valence-electron chi connectivity index (χ0n) is 9.59. The molecule has 0 aromatic heterocycles. The van der Waals surface area contributed by atoms with Crippen molar-refractivity contribution >= 4 is 0 Å². The maximum absolute atomic E-state index is 13.4. The van der Waals surface area contributed by atoms with Crippen LogP contribution < -0.4 is 5.32 Å². The van der Waals surface area contributed by atoms with Crippen LogP contribution >= 0.6 is 0 Å². The standard InChI is InChI=1S/C13H18FNO/c1-2-9-5-11(13(16)12(14)7-9)6-10-3-4-15-8-10/h5,7,10,15-16H,2-4,6,8H2,1H3. The highest BCUT2D eigenvalue weighted by atomic mass is 19.1. The molecule has 1 heterocycles. The normalized spacial score (nSPS) is 20.2. The maximum Gasteiger partial charge on any atom is 0.165 e. The van der Waals surface area contributed by atoms with E-state index < -0.39 is 5.82 Å². The molecule has 0 aliphatic carbocycles. The summed E-state index contributed by atoms with van der Waals surface area (Å²) in [5.74, 6) is -0.123. The van der Waals surface area contributed by atoms with E-state index in [-0.39, 0.29) is 5.75 Å². The molecule has 1 saturated heterocycles. The van der Waals surface area contributed by atoms with Crippen molar-refractivity contribution in [1.29, 1.82) is 0 Å². The van der Waals surface area contributed by atoms with Crippen molar-refractivity contribution in [3.05, 3.63) is 29.1 Å². The van der Waals surface area contributed by atoms with Gasteiger partial charge in [0.1, 0.15) is 0 Å². The first-order valence-corrected chi connectivity index (χ1v) is 5.91. The van der Waals surface area contributed by atoms with Crippen LogP contribution in [0.15, 0.2) is 12.1 Å². The predicted octanol–water partition coefficient (Wildman–Crippen LogP) is 2.25. The third-order valence-electron chi connectivity index (χ3n) is 3.28. The second kappa shape index (κ2) is 4.83. The Labute approximate surface area is 95.5 Å². The summed E-state index contributed by atoms with van der Waals surface area (Å²) in [5, 5.41) is 13.0. The van der Waals surface area contributed by atoms with Gasteiger partial charge in [-0.05, 0) is 55.5 Å². The molecule has 88 valence electrons. The molecule has 1 fully saturated rings. The van der Waals surface area contributed by atoms with Gasteiger partial charge in [-0.15, -0.1) is 0 Å².